The molecule has 0 aromatic heterocycles. The summed E-state index contributed by atoms with van der Waals surface area (Å²) in [5.74, 6) is 0.239. The molecule has 0 unspecified atom stereocenters. The maximum absolute atomic E-state index is 11.6. The summed E-state index contributed by atoms with van der Waals surface area (Å²) in [4.78, 5) is 13.5. The Kier molecular flexibility index (Phi) is 7.86. The van der Waals surface area contributed by atoms with E-state index in [1.807, 2.05) is 18.7 Å². The molecular weight excluding hydrogens is 313 g/mol. The molecule has 1 aromatic rings. The van der Waals surface area contributed by atoms with Crippen LogP contribution in [0.25, 0.3) is 0 Å². The first kappa shape index (κ1) is 18.1. The van der Waals surface area contributed by atoms with Crippen molar-refractivity contribution in [3.05, 3.63) is 28.2 Å². The van der Waals surface area contributed by atoms with Crippen molar-refractivity contribution in [3.8, 4) is 5.75 Å². The van der Waals surface area contributed by atoms with Gasteiger partial charge in [0.2, 0.25) is 0 Å². The number of carbonyl (C=O) groups is 1. The number of halogens is 2. The van der Waals surface area contributed by atoms with E-state index in [9.17, 15) is 4.79 Å². The summed E-state index contributed by atoms with van der Waals surface area (Å²) in [5, 5.41) is 0.952. The van der Waals surface area contributed by atoms with Gasteiger partial charge in [0.25, 0.3) is 0 Å². The predicted molar refractivity (Wildman–Crippen MR) is 85.3 cm³/mol. The van der Waals surface area contributed by atoms with Gasteiger partial charge in [-0.25, -0.2) is 0 Å². The van der Waals surface area contributed by atoms with Crippen molar-refractivity contribution in [1.29, 1.82) is 0 Å². The van der Waals surface area contributed by atoms with Crippen molar-refractivity contribution >= 4 is 29.2 Å². The average Bonchev–Trinajstić information content (AvgIpc) is 2.40. The van der Waals surface area contributed by atoms with Gasteiger partial charge in [-0.3, -0.25) is 9.69 Å². The van der Waals surface area contributed by atoms with Gasteiger partial charge in [0, 0.05) is 12.6 Å². The monoisotopic (exact) mass is 333 g/mol. The summed E-state index contributed by atoms with van der Waals surface area (Å²) >= 11 is 12.1. The Labute approximate surface area is 135 Å². The third-order valence-corrected chi connectivity index (χ3v) is 3.51. The summed E-state index contributed by atoms with van der Waals surface area (Å²) in [6.07, 6.45) is 0. The largest absolute Gasteiger partial charge is 0.489 e. The number of ether oxygens (including phenoxy) is 2. The predicted octanol–water partition coefficient (Wildman–Crippen LogP) is 3.65. The van der Waals surface area contributed by atoms with Crippen LogP contribution in [0.2, 0.25) is 10.0 Å². The Morgan fingerprint density at radius 2 is 1.90 bits per heavy atom. The minimum Gasteiger partial charge on any atom is -0.489 e. The van der Waals surface area contributed by atoms with Crippen molar-refractivity contribution in [2.75, 3.05) is 26.3 Å². The van der Waals surface area contributed by atoms with Gasteiger partial charge >= 0.3 is 5.97 Å². The molecule has 1 aromatic carbocycles. The minimum atomic E-state index is -0.234. The fourth-order valence-corrected chi connectivity index (χ4v) is 2.28. The van der Waals surface area contributed by atoms with Crippen LogP contribution < -0.4 is 4.74 Å². The zero-order chi connectivity index (χ0) is 15.8. The molecule has 0 aliphatic heterocycles. The van der Waals surface area contributed by atoms with E-state index in [0.29, 0.717) is 35.6 Å². The lowest BCUT2D eigenvalue weighted by atomic mass is 10.3. The van der Waals surface area contributed by atoms with Gasteiger partial charge in [0.1, 0.15) is 6.61 Å². The molecule has 0 atom stereocenters. The maximum Gasteiger partial charge on any atom is 0.320 e. The normalized spacial score (nSPS) is 11.0. The molecule has 0 heterocycles. The zero-order valence-corrected chi connectivity index (χ0v) is 14.1. The van der Waals surface area contributed by atoms with Crippen LogP contribution in [-0.4, -0.2) is 43.2 Å². The fraction of sp³-hybridized carbons (Fsp3) is 0.533. The molecule has 21 heavy (non-hydrogen) atoms. The first-order chi connectivity index (χ1) is 9.95. The van der Waals surface area contributed by atoms with Crippen LogP contribution in [0, 0.1) is 0 Å². The summed E-state index contributed by atoms with van der Waals surface area (Å²) in [6.45, 7) is 7.42. The van der Waals surface area contributed by atoms with E-state index >= 15 is 0 Å². The molecule has 4 nitrogen and oxygen atoms in total. The van der Waals surface area contributed by atoms with Gasteiger partial charge in [-0.2, -0.15) is 0 Å². The third kappa shape index (κ3) is 6.12. The topological polar surface area (TPSA) is 38.8 Å². The third-order valence-electron chi connectivity index (χ3n) is 2.91. The Hall–Kier alpha value is -0.970. The summed E-state index contributed by atoms with van der Waals surface area (Å²) in [7, 11) is 0. The van der Waals surface area contributed by atoms with Crippen LogP contribution >= 0.6 is 23.2 Å². The zero-order valence-electron chi connectivity index (χ0n) is 12.6. The molecule has 0 spiro atoms. The number of hydrogen-bond acceptors (Lipinski definition) is 4. The van der Waals surface area contributed by atoms with Gasteiger partial charge < -0.3 is 9.47 Å². The Balaban J connectivity index is 2.52. The molecule has 0 saturated heterocycles. The molecule has 0 N–H and O–H groups in total. The SMILES string of the molecule is CCOC(=O)CN(CCOc1c(Cl)cccc1Cl)C(C)C. The van der Waals surface area contributed by atoms with Gasteiger partial charge in [-0.15, -0.1) is 0 Å². The summed E-state index contributed by atoms with van der Waals surface area (Å²) in [6, 6.07) is 5.42. The molecule has 0 fully saturated rings. The quantitative estimate of drug-likeness (QED) is 0.681. The lowest BCUT2D eigenvalue weighted by molar-refractivity contribution is -0.145. The number of benzene rings is 1. The number of hydrogen-bond donors (Lipinski definition) is 0. The van der Waals surface area contributed by atoms with E-state index in [4.69, 9.17) is 32.7 Å². The van der Waals surface area contributed by atoms with Crippen LogP contribution in [-0.2, 0) is 9.53 Å². The van der Waals surface area contributed by atoms with E-state index < -0.39 is 0 Å². The smallest absolute Gasteiger partial charge is 0.320 e. The highest BCUT2D eigenvalue weighted by Gasteiger charge is 2.15. The number of nitrogens with zero attached hydrogens (tertiary/aromatic N) is 1. The van der Waals surface area contributed by atoms with Gasteiger partial charge in [-0.05, 0) is 32.9 Å². The Morgan fingerprint density at radius 3 is 2.43 bits per heavy atom. The molecule has 0 amide bonds. The van der Waals surface area contributed by atoms with E-state index in [0.717, 1.165) is 0 Å². The molecule has 0 bridgehead atoms. The summed E-state index contributed by atoms with van der Waals surface area (Å²) in [5.41, 5.74) is 0. The molecule has 118 valence electrons. The van der Waals surface area contributed by atoms with Crippen LogP contribution in [0.3, 0.4) is 0 Å². The molecule has 0 aliphatic rings. The van der Waals surface area contributed by atoms with E-state index in [-0.39, 0.29) is 18.6 Å². The Morgan fingerprint density at radius 1 is 1.29 bits per heavy atom. The molecule has 0 radical (unpaired) electrons. The van der Waals surface area contributed by atoms with Crippen LogP contribution in [0.4, 0.5) is 0 Å². The molecular formula is C15H21Cl2NO3. The molecule has 0 saturated carbocycles. The second-order valence-electron chi connectivity index (χ2n) is 4.77. The molecule has 0 aliphatic carbocycles. The van der Waals surface area contributed by atoms with Gasteiger partial charge in [-0.1, -0.05) is 29.3 Å². The first-order valence-corrected chi connectivity index (χ1v) is 7.67. The standard InChI is InChI=1S/C15H21Cl2NO3/c1-4-20-14(19)10-18(11(2)3)8-9-21-15-12(16)6-5-7-13(15)17/h5-7,11H,4,8-10H2,1-3H3. The van der Waals surface area contributed by atoms with Crippen LogP contribution in [0.5, 0.6) is 5.75 Å². The molecule has 6 heteroatoms. The van der Waals surface area contributed by atoms with Crippen molar-refractivity contribution in [3.63, 3.8) is 0 Å². The highest BCUT2D eigenvalue weighted by molar-refractivity contribution is 6.37. The summed E-state index contributed by atoms with van der Waals surface area (Å²) < 4.78 is 10.6. The first-order valence-electron chi connectivity index (χ1n) is 6.92. The minimum absolute atomic E-state index is 0.208. The number of rotatable bonds is 8. The molecule has 1 rings (SSSR count). The van der Waals surface area contributed by atoms with Crippen LogP contribution in [0.15, 0.2) is 18.2 Å². The van der Waals surface area contributed by atoms with Gasteiger partial charge in [0.05, 0.1) is 23.2 Å². The lowest BCUT2D eigenvalue weighted by Crippen LogP contribution is -2.39. The Bertz CT molecular complexity index is 446. The van der Waals surface area contributed by atoms with Gasteiger partial charge in [0.15, 0.2) is 5.75 Å². The highest BCUT2D eigenvalue weighted by Crippen LogP contribution is 2.32. The fourth-order valence-electron chi connectivity index (χ4n) is 1.78. The number of para-hydroxylation sites is 1. The van der Waals surface area contributed by atoms with Crippen molar-refractivity contribution < 1.29 is 14.3 Å². The number of esters is 1. The van der Waals surface area contributed by atoms with Crippen molar-refractivity contribution in [2.24, 2.45) is 0 Å². The highest BCUT2D eigenvalue weighted by atomic mass is 35.5. The van der Waals surface area contributed by atoms with Crippen molar-refractivity contribution in [1.82, 2.24) is 4.90 Å². The van der Waals surface area contributed by atoms with E-state index in [1.165, 1.54) is 0 Å². The van der Waals surface area contributed by atoms with E-state index in [1.54, 1.807) is 25.1 Å². The van der Waals surface area contributed by atoms with E-state index in [2.05, 4.69) is 0 Å². The second kappa shape index (κ2) is 9.13. The van der Waals surface area contributed by atoms with Crippen molar-refractivity contribution in [2.45, 2.75) is 26.8 Å². The number of carbonyl (C=O) groups excluding carboxylic acids is 1. The second-order valence-corrected chi connectivity index (χ2v) is 5.58. The average molecular weight is 334 g/mol. The van der Waals surface area contributed by atoms with Crippen LogP contribution in [0.1, 0.15) is 20.8 Å². The lowest BCUT2D eigenvalue weighted by Gasteiger charge is -2.25. The maximum atomic E-state index is 11.6.